The standard InChI is InChI=1S/C18H21NO4S/c19-17(20)18(24(21,22)16-8-2-1-3-9-16)23-15-11-10-13-6-4-5-7-14(13)12-15/h4-7,10-12,16,18H,1-3,8-9H2,(H2,19,20). The Bertz CT molecular complexity index is 841. The Morgan fingerprint density at radius 1 is 1.04 bits per heavy atom. The molecule has 3 rings (SSSR count). The molecule has 1 unspecified atom stereocenters. The van der Waals surface area contributed by atoms with Crippen molar-refractivity contribution in [1.29, 1.82) is 0 Å². The molecule has 0 spiro atoms. The minimum atomic E-state index is -3.77. The molecule has 1 atom stereocenters. The monoisotopic (exact) mass is 347 g/mol. The zero-order valence-corrected chi connectivity index (χ0v) is 14.2. The Morgan fingerprint density at radius 3 is 2.38 bits per heavy atom. The van der Waals surface area contributed by atoms with Crippen LogP contribution in [0.2, 0.25) is 0 Å². The molecule has 6 heteroatoms. The molecule has 1 aliphatic carbocycles. The summed E-state index contributed by atoms with van der Waals surface area (Å²) in [7, 11) is -3.77. The topological polar surface area (TPSA) is 86.5 Å². The van der Waals surface area contributed by atoms with Gasteiger partial charge in [0.2, 0.25) is 0 Å². The quantitative estimate of drug-likeness (QED) is 0.901. The highest BCUT2D eigenvalue weighted by atomic mass is 32.2. The first-order valence-electron chi connectivity index (χ1n) is 8.16. The van der Waals surface area contributed by atoms with Crippen molar-refractivity contribution in [3.63, 3.8) is 0 Å². The maximum atomic E-state index is 12.8. The lowest BCUT2D eigenvalue weighted by atomic mass is 10.0. The number of amides is 1. The van der Waals surface area contributed by atoms with E-state index in [0.717, 1.165) is 30.0 Å². The normalized spacial score (nSPS) is 17.5. The lowest BCUT2D eigenvalue weighted by molar-refractivity contribution is -0.121. The number of ether oxygens (including phenoxy) is 1. The summed E-state index contributed by atoms with van der Waals surface area (Å²) in [4.78, 5) is 11.8. The SMILES string of the molecule is NC(=O)C(Oc1ccc2ccccc2c1)S(=O)(=O)C1CCCCC1. The number of hydrogen-bond acceptors (Lipinski definition) is 4. The van der Waals surface area contributed by atoms with Crippen molar-refractivity contribution in [3.8, 4) is 5.75 Å². The Hall–Kier alpha value is -2.08. The van der Waals surface area contributed by atoms with E-state index < -0.39 is 26.4 Å². The lowest BCUT2D eigenvalue weighted by Crippen LogP contribution is -2.45. The molecule has 0 aliphatic heterocycles. The first kappa shape index (κ1) is 16.8. The van der Waals surface area contributed by atoms with Crippen LogP contribution >= 0.6 is 0 Å². The molecule has 1 fully saturated rings. The van der Waals surface area contributed by atoms with Gasteiger partial charge in [-0.3, -0.25) is 4.79 Å². The molecular formula is C18H21NO4S. The van der Waals surface area contributed by atoms with E-state index in [1.165, 1.54) is 0 Å². The largest absolute Gasteiger partial charge is 0.464 e. The van der Waals surface area contributed by atoms with Gasteiger partial charge >= 0.3 is 0 Å². The van der Waals surface area contributed by atoms with Crippen LogP contribution in [0.1, 0.15) is 32.1 Å². The second-order valence-corrected chi connectivity index (χ2v) is 8.48. The van der Waals surface area contributed by atoms with Gasteiger partial charge in [-0.2, -0.15) is 0 Å². The number of carbonyl (C=O) groups excluding carboxylic acids is 1. The number of rotatable bonds is 5. The molecule has 128 valence electrons. The first-order valence-corrected chi connectivity index (χ1v) is 9.77. The van der Waals surface area contributed by atoms with Crippen LogP contribution in [-0.2, 0) is 14.6 Å². The smallest absolute Gasteiger partial charge is 0.276 e. The third kappa shape index (κ3) is 3.38. The Kier molecular flexibility index (Phi) is 4.76. The van der Waals surface area contributed by atoms with E-state index in [9.17, 15) is 13.2 Å². The molecule has 5 nitrogen and oxygen atoms in total. The summed E-state index contributed by atoms with van der Waals surface area (Å²) in [6.45, 7) is 0. The van der Waals surface area contributed by atoms with E-state index in [1.807, 2.05) is 30.3 Å². The van der Waals surface area contributed by atoms with Gasteiger partial charge in [-0.05, 0) is 35.7 Å². The molecule has 0 heterocycles. The molecule has 24 heavy (non-hydrogen) atoms. The molecule has 1 saturated carbocycles. The van der Waals surface area contributed by atoms with Crippen molar-refractivity contribution < 1.29 is 17.9 Å². The Morgan fingerprint density at radius 2 is 1.71 bits per heavy atom. The third-order valence-corrected chi connectivity index (χ3v) is 6.84. The predicted molar refractivity (Wildman–Crippen MR) is 93.4 cm³/mol. The van der Waals surface area contributed by atoms with Crippen LogP contribution in [0.5, 0.6) is 5.75 Å². The Labute approximate surface area is 141 Å². The fraction of sp³-hybridized carbons (Fsp3) is 0.389. The summed E-state index contributed by atoms with van der Waals surface area (Å²) in [5, 5.41) is 1.37. The van der Waals surface area contributed by atoms with Crippen molar-refractivity contribution in [2.45, 2.75) is 42.8 Å². The van der Waals surface area contributed by atoms with E-state index in [2.05, 4.69) is 0 Å². The average Bonchev–Trinajstić information content (AvgIpc) is 2.60. The first-order chi connectivity index (χ1) is 11.5. The number of sulfone groups is 1. The zero-order valence-electron chi connectivity index (χ0n) is 13.4. The van der Waals surface area contributed by atoms with Crippen LogP contribution in [0.15, 0.2) is 42.5 Å². The van der Waals surface area contributed by atoms with Crippen LogP contribution in [0.25, 0.3) is 10.8 Å². The number of hydrogen-bond donors (Lipinski definition) is 1. The van der Waals surface area contributed by atoms with Crippen molar-refractivity contribution in [1.82, 2.24) is 0 Å². The van der Waals surface area contributed by atoms with Crippen LogP contribution in [0, 0.1) is 0 Å². The van der Waals surface area contributed by atoms with Gasteiger partial charge in [-0.1, -0.05) is 49.6 Å². The van der Waals surface area contributed by atoms with Gasteiger partial charge in [0.15, 0.2) is 9.84 Å². The third-order valence-electron chi connectivity index (χ3n) is 4.51. The minimum Gasteiger partial charge on any atom is -0.464 e. The number of fused-ring (bicyclic) bond motifs is 1. The molecule has 2 aromatic carbocycles. The Balaban J connectivity index is 1.88. The summed E-state index contributed by atoms with van der Waals surface area (Å²) >= 11 is 0. The fourth-order valence-electron chi connectivity index (χ4n) is 3.22. The van der Waals surface area contributed by atoms with Crippen molar-refractivity contribution in [3.05, 3.63) is 42.5 Å². The predicted octanol–water partition coefficient (Wildman–Crippen LogP) is 2.78. The molecule has 0 bridgehead atoms. The molecular weight excluding hydrogens is 326 g/mol. The maximum absolute atomic E-state index is 12.8. The van der Waals surface area contributed by atoms with Gasteiger partial charge in [-0.25, -0.2) is 8.42 Å². The van der Waals surface area contributed by atoms with Gasteiger partial charge in [-0.15, -0.1) is 0 Å². The maximum Gasteiger partial charge on any atom is 0.276 e. The summed E-state index contributed by atoms with van der Waals surface area (Å²) in [6.07, 6.45) is 3.86. The highest BCUT2D eigenvalue weighted by Gasteiger charge is 2.40. The zero-order chi connectivity index (χ0) is 17.2. The van der Waals surface area contributed by atoms with Gasteiger partial charge in [0.05, 0.1) is 5.25 Å². The van der Waals surface area contributed by atoms with Gasteiger partial charge in [0.25, 0.3) is 11.3 Å². The second kappa shape index (κ2) is 6.81. The summed E-state index contributed by atoms with van der Waals surface area (Å²) in [5.41, 5.74) is 3.71. The molecule has 0 saturated heterocycles. The van der Waals surface area contributed by atoms with Crippen molar-refractivity contribution in [2.75, 3.05) is 0 Å². The molecule has 0 radical (unpaired) electrons. The summed E-state index contributed by atoms with van der Waals surface area (Å²) < 4.78 is 31.1. The van der Waals surface area contributed by atoms with Crippen molar-refractivity contribution >= 4 is 26.5 Å². The van der Waals surface area contributed by atoms with Gasteiger partial charge in [0, 0.05) is 0 Å². The highest BCUT2D eigenvalue weighted by Crippen LogP contribution is 2.28. The lowest BCUT2D eigenvalue weighted by Gasteiger charge is -2.26. The molecule has 1 amide bonds. The summed E-state index contributed by atoms with van der Waals surface area (Å²) in [6, 6.07) is 12.9. The van der Waals surface area contributed by atoms with Gasteiger partial charge in [0.1, 0.15) is 5.75 Å². The van der Waals surface area contributed by atoms with Crippen LogP contribution in [-0.4, -0.2) is 25.0 Å². The molecule has 0 aromatic heterocycles. The number of carbonyl (C=O) groups is 1. The number of primary amides is 1. The fourth-order valence-corrected chi connectivity index (χ4v) is 5.13. The van der Waals surface area contributed by atoms with E-state index in [1.54, 1.807) is 12.1 Å². The molecule has 2 aromatic rings. The van der Waals surface area contributed by atoms with E-state index >= 15 is 0 Å². The van der Waals surface area contributed by atoms with E-state index in [-0.39, 0.29) is 0 Å². The molecule has 1 aliphatic rings. The van der Waals surface area contributed by atoms with Crippen LogP contribution < -0.4 is 10.5 Å². The highest BCUT2D eigenvalue weighted by molar-refractivity contribution is 7.93. The van der Waals surface area contributed by atoms with Crippen LogP contribution in [0.3, 0.4) is 0 Å². The van der Waals surface area contributed by atoms with Crippen molar-refractivity contribution in [2.24, 2.45) is 5.73 Å². The van der Waals surface area contributed by atoms with E-state index in [0.29, 0.717) is 18.6 Å². The number of benzene rings is 2. The van der Waals surface area contributed by atoms with Gasteiger partial charge < -0.3 is 10.5 Å². The number of nitrogens with two attached hydrogens (primary N) is 1. The second-order valence-electron chi connectivity index (χ2n) is 6.21. The van der Waals surface area contributed by atoms with Crippen LogP contribution in [0.4, 0.5) is 0 Å². The van der Waals surface area contributed by atoms with E-state index in [4.69, 9.17) is 10.5 Å². The minimum absolute atomic E-state index is 0.330. The summed E-state index contributed by atoms with van der Waals surface area (Å²) in [5.74, 6) is -0.634. The molecule has 2 N–H and O–H groups in total. The average molecular weight is 347 g/mol.